The van der Waals surface area contributed by atoms with Crippen LogP contribution in [-0.4, -0.2) is 39.3 Å². The maximum absolute atomic E-state index is 8.41. The lowest BCUT2D eigenvalue weighted by Crippen LogP contribution is -2.31. The number of hydrogen-bond donors (Lipinski definition) is 4. The van der Waals surface area contributed by atoms with E-state index in [-0.39, 0.29) is 0 Å². The number of benzene rings is 1. The summed E-state index contributed by atoms with van der Waals surface area (Å²) in [5, 5.41) is 33.1. The highest BCUT2D eigenvalue weighted by Gasteiger charge is 2.14. The molecule has 0 spiro atoms. The zero-order valence-electron chi connectivity index (χ0n) is 11.6. The minimum atomic E-state index is -1.97. The van der Waals surface area contributed by atoms with Crippen molar-refractivity contribution >= 4 is 0 Å². The molecule has 0 saturated carbocycles. The molecule has 2 unspecified atom stereocenters. The van der Waals surface area contributed by atoms with Gasteiger partial charge in [0, 0.05) is 0 Å². The lowest BCUT2D eigenvalue weighted by atomic mass is 10.2. The third kappa shape index (κ3) is 10.5. The van der Waals surface area contributed by atoms with Gasteiger partial charge in [-0.25, -0.2) is 0 Å². The van der Waals surface area contributed by atoms with Crippen molar-refractivity contribution in [1.29, 1.82) is 0 Å². The first-order chi connectivity index (χ1) is 9.32. The quantitative estimate of drug-likeness (QED) is 0.454. The molecule has 0 radical (unpaired) electrons. The Hall–Kier alpha value is -1.44. The van der Waals surface area contributed by atoms with Gasteiger partial charge in [-0.15, -0.1) is 0 Å². The third-order valence-corrected chi connectivity index (χ3v) is 1.92. The topological polar surface area (TPSA) is 99.4 Å². The van der Waals surface area contributed by atoms with Crippen LogP contribution in [0.2, 0.25) is 0 Å². The van der Waals surface area contributed by atoms with Crippen LogP contribution in [0.4, 0.5) is 0 Å². The molecule has 0 bridgehead atoms. The Kier molecular flexibility index (Phi) is 9.61. The van der Waals surface area contributed by atoms with Gasteiger partial charge in [-0.05, 0) is 19.4 Å². The first kappa shape index (κ1) is 18.6. The van der Waals surface area contributed by atoms with Gasteiger partial charge in [-0.1, -0.05) is 36.9 Å². The molecule has 6 nitrogen and oxygen atoms in total. The van der Waals surface area contributed by atoms with Gasteiger partial charge in [0.1, 0.15) is 6.61 Å². The summed E-state index contributed by atoms with van der Waals surface area (Å²) in [6.45, 7) is 7.36. The van der Waals surface area contributed by atoms with Crippen molar-refractivity contribution in [2.45, 2.75) is 39.3 Å². The minimum Gasteiger partial charge on any atom is -0.494 e. The summed E-state index contributed by atoms with van der Waals surface area (Å²) < 4.78 is 9.36. The van der Waals surface area contributed by atoms with Crippen molar-refractivity contribution in [2.24, 2.45) is 0 Å². The maximum atomic E-state index is 8.41. The van der Waals surface area contributed by atoms with E-state index in [0.717, 1.165) is 5.76 Å². The summed E-state index contributed by atoms with van der Waals surface area (Å²) in [5.41, 5.74) is 1.18. The van der Waals surface area contributed by atoms with E-state index in [9.17, 15) is 0 Å². The number of ether oxygens (including phenoxy) is 2. The third-order valence-electron chi connectivity index (χ3n) is 1.92. The molecule has 0 aliphatic carbocycles. The fraction of sp³-hybridized carbons (Fsp3) is 0.429. The first-order valence-corrected chi connectivity index (χ1v) is 6.03. The smallest absolute Gasteiger partial charge is 0.209 e. The van der Waals surface area contributed by atoms with Gasteiger partial charge in [0.15, 0.2) is 6.29 Å². The van der Waals surface area contributed by atoms with Crippen molar-refractivity contribution < 1.29 is 29.9 Å². The van der Waals surface area contributed by atoms with Crippen LogP contribution in [0, 0.1) is 0 Å². The number of aliphatic hydroxyl groups excluding tert-OH is 3. The molecular formula is C14H22O6. The molecule has 0 fully saturated rings. The van der Waals surface area contributed by atoms with E-state index in [1.54, 1.807) is 0 Å². The molecule has 1 rings (SSSR count). The number of allylic oxidation sites excluding steroid dienone is 1. The standard InChI is InChI=1S/C10H12O.C4H10O5/c1-9(2)11-8-10-6-4-3-5-7-10;1-2(5)9-4(8)3(6)7/h3-7H,1,8H2,2H3;2-8H,1H3. The van der Waals surface area contributed by atoms with Crippen LogP contribution in [0.5, 0.6) is 0 Å². The van der Waals surface area contributed by atoms with Crippen molar-refractivity contribution in [3.8, 4) is 0 Å². The average Bonchev–Trinajstić information content (AvgIpc) is 2.37. The van der Waals surface area contributed by atoms with E-state index < -0.39 is 18.9 Å². The molecule has 0 saturated heterocycles. The van der Waals surface area contributed by atoms with Crippen molar-refractivity contribution in [2.75, 3.05) is 0 Å². The van der Waals surface area contributed by atoms with Gasteiger partial charge in [0.2, 0.25) is 12.6 Å². The molecule has 4 N–H and O–H groups in total. The largest absolute Gasteiger partial charge is 0.494 e. The van der Waals surface area contributed by atoms with E-state index in [1.807, 2.05) is 37.3 Å². The van der Waals surface area contributed by atoms with Gasteiger partial charge in [-0.3, -0.25) is 0 Å². The Labute approximate surface area is 118 Å². The van der Waals surface area contributed by atoms with Crippen LogP contribution in [-0.2, 0) is 16.1 Å². The molecule has 0 heterocycles. The minimum absolute atomic E-state index is 0.621. The van der Waals surface area contributed by atoms with E-state index >= 15 is 0 Å². The van der Waals surface area contributed by atoms with E-state index in [4.69, 9.17) is 25.2 Å². The maximum Gasteiger partial charge on any atom is 0.209 e. The van der Waals surface area contributed by atoms with Gasteiger partial charge < -0.3 is 29.9 Å². The summed E-state index contributed by atoms with van der Waals surface area (Å²) in [6.07, 6.45) is -4.92. The molecule has 2 atom stereocenters. The van der Waals surface area contributed by atoms with E-state index in [1.165, 1.54) is 12.5 Å². The van der Waals surface area contributed by atoms with Gasteiger partial charge >= 0.3 is 0 Å². The van der Waals surface area contributed by atoms with Crippen LogP contribution >= 0.6 is 0 Å². The molecule has 0 amide bonds. The molecular weight excluding hydrogens is 264 g/mol. The zero-order chi connectivity index (χ0) is 15.5. The Morgan fingerprint density at radius 2 is 1.70 bits per heavy atom. The number of hydrogen-bond acceptors (Lipinski definition) is 6. The van der Waals surface area contributed by atoms with Crippen LogP contribution in [0.15, 0.2) is 42.7 Å². The molecule has 0 aromatic heterocycles. The lowest BCUT2D eigenvalue weighted by molar-refractivity contribution is -0.278. The van der Waals surface area contributed by atoms with Crippen molar-refractivity contribution in [3.05, 3.63) is 48.2 Å². The van der Waals surface area contributed by atoms with E-state index in [2.05, 4.69) is 11.3 Å². The first-order valence-electron chi connectivity index (χ1n) is 6.03. The fourth-order valence-corrected chi connectivity index (χ4v) is 1.05. The molecule has 114 valence electrons. The van der Waals surface area contributed by atoms with Crippen molar-refractivity contribution in [3.63, 3.8) is 0 Å². The fourth-order valence-electron chi connectivity index (χ4n) is 1.05. The zero-order valence-corrected chi connectivity index (χ0v) is 11.6. The lowest BCUT2D eigenvalue weighted by Gasteiger charge is -2.14. The highest BCUT2D eigenvalue weighted by atomic mass is 16.7. The molecule has 0 aliphatic rings. The van der Waals surface area contributed by atoms with E-state index in [0.29, 0.717) is 6.61 Å². The van der Waals surface area contributed by atoms with Gasteiger partial charge in [0.25, 0.3) is 0 Å². The SMILES string of the molecule is C=C(C)OCc1ccccc1.CC(O)OC(O)C(O)O. The highest BCUT2D eigenvalue weighted by Crippen LogP contribution is 2.03. The predicted octanol–water partition coefficient (Wildman–Crippen LogP) is 0.707. The summed E-state index contributed by atoms with van der Waals surface area (Å²) in [7, 11) is 0. The normalized spacial score (nSPS) is 13.2. The number of rotatable bonds is 6. The molecule has 0 aliphatic heterocycles. The monoisotopic (exact) mass is 286 g/mol. The van der Waals surface area contributed by atoms with Crippen LogP contribution < -0.4 is 0 Å². The summed E-state index contributed by atoms with van der Waals surface area (Å²) >= 11 is 0. The molecule has 6 heteroatoms. The Morgan fingerprint density at radius 1 is 1.15 bits per heavy atom. The summed E-state index contributed by atoms with van der Waals surface area (Å²) in [4.78, 5) is 0. The van der Waals surface area contributed by atoms with Crippen molar-refractivity contribution in [1.82, 2.24) is 0 Å². The summed E-state index contributed by atoms with van der Waals surface area (Å²) in [6, 6.07) is 10.0. The average molecular weight is 286 g/mol. The Balaban J connectivity index is 0.000000370. The van der Waals surface area contributed by atoms with Gasteiger partial charge in [0.05, 0.1) is 5.76 Å². The van der Waals surface area contributed by atoms with Crippen LogP contribution in [0.3, 0.4) is 0 Å². The second kappa shape index (κ2) is 10.4. The molecule has 20 heavy (non-hydrogen) atoms. The highest BCUT2D eigenvalue weighted by molar-refractivity contribution is 5.13. The second-order valence-electron chi connectivity index (χ2n) is 4.02. The summed E-state index contributed by atoms with van der Waals surface area (Å²) in [5.74, 6) is 0.758. The van der Waals surface area contributed by atoms with Gasteiger partial charge in [-0.2, -0.15) is 0 Å². The second-order valence-corrected chi connectivity index (χ2v) is 4.02. The molecule has 1 aromatic carbocycles. The van der Waals surface area contributed by atoms with Crippen LogP contribution in [0.1, 0.15) is 19.4 Å². The predicted molar refractivity (Wildman–Crippen MR) is 73.0 cm³/mol. The Bertz CT molecular complexity index is 363. The number of aliphatic hydroxyl groups is 4. The molecule has 1 aromatic rings. The Morgan fingerprint density at radius 3 is 2.05 bits per heavy atom. The van der Waals surface area contributed by atoms with Crippen LogP contribution in [0.25, 0.3) is 0 Å².